The van der Waals surface area contributed by atoms with Gasteiger partial charge in [-0.3, -0.25) is 19.3 Å². The number of benzene rings is 1. The smallest absolute Gasteiger partial charge is 0.253 e. The van der Waals surface area contributed by atoms with Crippen molar-refractivity contribution < 1.29 is 18.8 Å². The number of likely N-dealkylation sites (tertiary alicyclic amines) is 1. The molecular weight excluding hydrogens is 432 g/mol. The molecule has 2 atom stereocenters. The molecule has 1 aromatic carbocycles. The minimum atomic E-state index is -0.255. The van der Waals surface area contributed by atoms with Crippen LogP contribution in [0, 0.1) is 0 Å². The van der Waals surface area contributed by atoms with Gasteiger partial charge in [0.05, 0.1) is 17.6 Å². The first-order chi connectivity index (χ1) is 16.5. The van der Waals surface area contributed by atoms with Gasteiger partial charge in [-0.1, -0.05) is 0 Å². The third-order valence-corrected chi connectivity index (χ3v) is 7.07. The van der Waals surface area contributed by atoms with Crippen LogP contribution in [0.3, 0.4) is 0 Å². The zero-order chi connectivity index (χ0) is 23.7. The monoisotopic (exact) mass is 464 g/mol. The lowest BCUT2D eigenvalue weighted by Gasteiger charge is -2.45. The molecule has 3 aliphatic rings. The largest absolute Gasteiger partial charge is 0.469 e. The summed E-state index contributed by atoms with van der Waals surface area (Å²) in [5.41, 5.74) is 2.15. The van der Waals surface area contributed by atoms with E-state index in [1.807, 2.05) is 36.1 Å². The van der Waals surface area contributed by atoms with Crippen molar-refractivity contribution in [2.75, 3.05) is 36.0 Å². The van der Waals surface area contributed by atoms with Crippen molar-refractivity contribution in [3.05, 3.63) is 47.9 Å². The predicted molar refractivity (Wildman–Crippen MR) is 129 cm³/mol. The van der Waals surface area contributed by atoms with Crippen LogP contribution in [-0.4, -0.2) is 60.9 Å². The number of rotatable bonds is 6. The van der Waals surface area contributed by atoms with E-state index in [0.717, 1.165) is 63.2 Å². The van der Waals surface area contributed by atoms with Gasteiger partial charge in [-0.25, -0.2) is 0 Å². The fraction of sp³-hybridized carbons (Fsp3) is 0.500. The number of hydrogen-bond acceptors (Lipinski definition) is 5. The molecule has 34 heavy (non-hydrogen) atoms. The Balaban J connectivity index is 1.39. The molecule has 0 bridgehead atoms. The predicted octanol–water partition coefficient (Wildman–Crippen LogP) is 2.97. The molecule has 2 aromatic rings. The number of carbonyl (C=O) groups excluding carboxylic acids is 3. The number of amides is 3. The molecule has 2 saturated heterocycles. The average molecular weight is 465 g/mol. The highest BCUT2D eigenvalue weighted by atomic mass is 16.3. The number of anilines is 2. The summed E-state index contributed by atoms with van der Waals surface area (Å²) in [7, 11) is 0. The lowest BCUT2D eigenvalue weighted by atomic mass is 9.95. The molecule has 1 aromatic heterocycles. The van der Waals surface area contributed by atoms with Crippen LogP contribution in [-0.2, 0) is 16.0 Å². The summed E-state index contributed by atoms with van der Waals surface area (Å²) in [4.78, 5) is 45.1. The Labute approximate surface area is 199 Å². The van der Waals surface area contributed by atoms with E-state index in [4.69, 9.17) is 4.42 Å². The Morgan fingerprint density at radius 3 is 2.65 bits per heavy atom. The van der Waals surface area contributed by atoms with Gasteiger partial charge in [0.25, 0.3) is 5.91 Å². The zero-order valence-electron chi connectivity index (χ0n) is 19.7. The summed E-state index contributed by atoms with van der Waals surface area (Å²) in [6.07, 6.45) is 7.04. The van der Waals surface area contributed by atoms with E-state index in [1.54, 1.807) is 17.2 Å². The summed E-state index contributed by atoms with van der Waals surface area (Å²) >= 11 is 0. The highest BCUT2D eigenvalue weighted by Gasteiger charge is 2.40. The molecule has 3 amide bonds. The minimum Gasteiger partial charge on any atom is -0.469 e. The third-order valence-electron chi connectivity index (χ3n) is 7.07. The molecule has 2 unspecified atom stereocenters. The van der Waals surface area contributed by atoms with Crippen molar-refractivity contribution >= 4 is 29.1 Å². The Bertz CT molecular complexity index is 1060. The van der Waals surface area contributed by atoms with Gasteiger partial charge in [-0.2, -0.15) is 0 Å². The van der Waals surface area contributed by atoms with Crippen LogP contribution in [0.15, 0.2) is 41.0 Å². The van der Waals surface area contributed by atoms with Crippen molar-refractivity contribution in [1.29, 1.82) is 0 Å². The molecule has 8 heteroatoms. The van der Waals surface area contributed by atoms with Crippen LogP contribution in [0.1, 0.15) is 55.1 Å². The van der Waals surface area contributed by atoms with Gasteiger partial charge < -0.3 is 19.5 Å². The van der Waals surface area contributed by atoms with Crippen molar-refractivity contribution in [1.82, 2.24) is 10.2 Å². The third kappa shape index (κ3) is 4.41. The molecule has 8 nitrogen and oxygen atoms in total. The maximum absolute atomic E-state index is 13.5. The number of nitrogens with zero attached hydrogens (tertiary/aromatic N) is 3. The second kappa shape index (κ2) is 9.52. The molecular formula is C26H32N4O4. The average Bonchev–Trinajstić information content (AvgIpc) is 3.55. The standard InChI is InChI=1S/C26H32N4O4/c1-18(15-20-7-6-14-34-20)27-24(31)17-30-23-16-19(25(32)28-11-4-5-12-28)9-10-21(23)29-13-3-2-8-22(29)26(30)33/h6-7,9-10,14,16,18,22H,2-5,8,11-13,15,17H2,1H3,(H,27,31). The van der Waals surface area contributed by atoms with E-state index >= 15 is 0 Å². The molecule has 5 rings (SSSR count). The van der Waals surface area contributed by atoms with Crippen LogP contribution in [0.25, 0.3) is 0 Å². The molecule has 2 fully saturated rings. The highest BCUT2D eigenvalue weighted by molar-refractivity contribution is 6.09. The van der Waals surface area contributed by atoms with Crippen molar-refractivity contribution in [2.24, 2.45) is 0 Å². The summed E-state index contributed by atoms with van der Waals surface area (Å²) in [5.74, 6) is 0.505. The second-order valence-electron chi connectivity index (χ2n) is 9.58. The Hall–Kier alpha value is -3.29. The van der Waals surface area contributed by atoms with E-state index in [9.17, 15) is 14.4 Å². The zero-order valence-corrected chi connectivity index (χ0v) is 19.7. The van der Waals surface area contributed by atoms with Crippen LogP contribution < -0.4 is 15.1 Å². The molecule has 0 radical (unpaired) electrons. The summed E-state index contributed by atoms with van der Waals surface area (Å²) in [6, 6.07) is 8.94. The van der Waals surface area contributed by atoms with Crippen molar-refractivity contribution in [3.8, 4) is 0 Å². The molecule has 0 saturated carbocycles. The Morgan fingerprint density at radius 2 is 1.88 bits per heavy atom. The van der Waals surface area contributed by atoms with Gasteiger partial charge in [-0.15, -0.1) is 0 Å². The quantitative estimate of drug-likeness (QED) is 0.710. The lowest BCUT2D eigenvalue weighted by Crippen LogP contribution is -2.57. The summed E-state index contributed by atoms with van der Waals surface area (Å²) in [6.45, 7) is 4.19. The fourth-order valence-electron chi connectivity index (χ4n) is 5.40. The molecule has 3 aliphatic heterocycles. The number of piperidine rings is 1. The van der Waals surface area contributed by atoms with Crippen LogP contribution >= 0.6 is 0 Å². The lowest BCUT2D eigenvalue weighted by molar-refractivity contribution is -0.125. The normalized spacial score (nSPS) is 20.7. The van der Waals surface area contributed by atoms with Crippen LogP contribution in [0.2, 0.25) is 0 Å². The molecule has 4 heterocycles. The Morgan fingerprint density at radius 1 is 1.09 bits per heavy atom. The van der Waals surface area contributed by atoms with Gasteiger partial charge in [0.1, 0.15) is 18.3 Å². The van der Waals surface area contributed by atoms with Gasteiger partial charge in [-0.05, 0) is 69.4 Å². The van der Waals surface area contributed by atoms with Crippen LogP contribution in [0.4, 0.5) is 11.4 Å². The first-order valence-electron chi connectivity index (χ1n) is 12.3. The van der Waals surface area contributed by atoms with Gasteiger partial charge in [0, 0.05) is 37.7 Å². The summed E-state index contributed by atoms with van der Waals surface area (Å²) in [5, 5.41) is 2.99. The first kappa shape index (κ1) is 22.5. The van der Waals surface area contributed by atoms with Gasteiger partial charge in [0.15, 0.2) is 0 Å². The fourth-order valence-corrected chi connectivity index (χ4v) is 5.40. The summed E-state index contributed by atoms with van der Waals surface area (Å²) < 4.78 is 5.38. The number of fused-ring (bicyclic) bond motifs is 3. The molecule has 0 spiro atoms. The molecule has 0 aliphatic carbocycles. The second-order valence-corrected chi connectivity index (χ2v) is 9.58. The number of nitrogens with one attached hydrogen (secondary N) is 1. The van der Waals surface area contributed by atoms with E-state index in [-0.39, 0.29) is 36.3 Å². The number of carbonyl (C=O) groups is 3. The van der Waals surface area contributed by atoms with E-state index in [0.29, 0.717) is 17.7 Å². The molecule has 180 valence electrons. The Kier molecular flexibility index (Phi) is 6.30. The highest BCUT2D eigenvalue weighted by Crippen LogP contribution is 2.40. The SMILES string of the molecule is CC(Cc1ccco1)NC(=O)CN1C(=O)C2CCCCN2c2ccc(C(=O)N3CCCC3)cc21. The topological polar surface area (TPSA) is 86.1 Å². The van der Waals surface area contributed by atoms with Crippen molar-refractivity contribution in [2.45, 2.75) is 57.5 Å². The van der Waals surface area contributed by atoms with Gasteiger partial charge >= 0.3 is 0 Å². The van der Waals surface area contributed by atoms with Gasteiger partial charge in [0.2, 0.25) is 11.8 Å². The van der Waals surface area contributed by atoms with Crippen LogP contribution in [0.5, 0.6) is 0 Å². The molecule has 1 N–H and O–H groups in total. The van der Waals surface area contributed by atoms with E-state index in [1.165, 1.54) is 0 Å². The first-order valence-corrected chi connectivity index (χ1v) is 12.3. The minimum absolute atomic E-state index is 0.00927. The van der Waals surface area contributed by atoms with E-state index in [2.05, 4.69) is 10.2 Å². The van der Waals surface area contributed by atoms with Crippen molar-refractivity contribution in [3.63, 3.8) is 0 Å². The maximum atomic E-state index is 13.5. The number of hydrogen-bond donors (Lipinski definition) is 1. The number of furan rings is 1. The maximum Gasteiger partial charge on any atom is 0.253 e. The van der Waals surface area contributed by atoms with E-state index < -0.39 is 0 Å².